The smallest absolute Gasteiger partial charge is 0.223 e. The van der Waals surface area contributed by atoms with Crippen molar-refractivity contribution in [3.05, 3.63) is 17.7 Å². The molecule has 1 aromatic rings. The van der Waals surface area contributed by atoms with Crippen LogP contribution in [0.4, 0.5) is 11.4 Å². The third-order valence-corrected chi connectivity index (χ3v) is 3.53. The van der Waals surface area contributed by atoms with Crippen LogP contribution in [0, 0.1) is 11.3 Å². The predicted octanol–water partition coefficient (Wildman–Crippen LogP) is 1.60. The molecule has 4 nitrogen and oxygen atoms in total. The number of anilines is 2. The molecule has 1 heterocycles. The molecule has 1 aliphatic rings. The Morgan fingerprint density at radius 1 is 1.62 bits per heavy atom. The highest BCUT2D eigenvalue weighted by Gasteiger charge is 2.24. The number of nitrogens with two attached hydrogens (primary N) is 1. The van der Waals surface area contributed by atoms with Crippen LogP contribution in [-0.2, 0) is 4.79 Å². The van der Waals surface area contributed by atoms with Gasteiger partial charge in [-0.2, -0.15) is 5.26 Å². The normalized spacial score (nSPS) is 14.1. The summed E-state index contributed by atoms with van der Waals surface area (Å²) in [5.74, 6) is 0.796. The Hall–Kier alpha value is -1.67. The predicted molar refractivity (Wildman–Crippen MR) is 64.3 cm³/mol. The van der Waals surface area contributed by atoms with Gasteiger partial charge in [-0.3, -0.25) is 4.79 Å². The number of carbonyl (C=O) groups is 1. The molecule has 0 saturated heterocycles. The van der Waals surface area contributed by atoms with E-state index < -0.39 is 0 Å². The first kappa shape index (κ1) is 10.8. The Morgan fingerprint density at radius 2 is 2.38 bits per heavy atom. The molecule has 0 radical (unpaired) electrons. The second-order valence-electron chi connectivity index (χ2n) is 3.51. The topological polar surface area (TPSA) is 70.1 Å². The van der Waals surface area contributed by atoms with Crippen molar-refractivity contribution in [3.8, 4) is 6.07 Å². The minimum absolute atomic E-state index is 0.0522. The molecule has 0 saturated carbocycles. The molecular formula is C11H11N3OS. The summed E-state index contributed by atoms with van der Waals surface area (Å²) in [6, 6.07) is 5.66. The SMILES string of the molecule is CC(=O)N1CCSc2ccc(N)c(C#N)c21. The second-order valence-corrected chi connectivity index (χ2v) is 4.64. The fraction of sp³-hybridized carbons (Fsp3) is 0.273. The number of thioether (sulfide) groups is 1. The van der Waals surface area contributed by atoms with E-state index in [4.69, 9.17) is 11.0 Å². The van der Waals surface area contributed by atoms with E-state index in [1.165, 1.54) is 6.92 Å². The molecule has 1 amide bonds. The Balaban J connectivity index is 2.65. The zero-order chi connectivity index (χ0) is 11.7. The molecule has 0 spiro atoms. The van der Waals surface area contributed by atoms with Gasteiger partial charge >= 0.3 is 0 Å². The third-order valence-electron chi connectivity index (χ3n) is 2.51. The molecule has 0 aliphatic carbocycles. The average molecular weight is 233 g/mol. The van der Waals surface area contributed by atoms with Crippen molar-refractivity contribution >= 4 is 29.0 Å². The molecule has 0 aromatic heterocycles. The van der Waals surface area contributed by atoms with E-state index in [1.54, 1.807) is 22.7 Å². The van der Waals surface area contributed by atoms with Crippen molar-refractivity contribution in [2.24, 2.45) is 0 Å². The summed E-state index contributed by atoms with van der Waals surface area (Å²) in [4.78, 5) is 14.1. The minimum atomic E-state index is -0.0522. The molecule has 82 valence electrons. The van der Waals surface area contributed by atoms with Crippen LogP contribution in [0.1, 0.15) is 12.5 Å². The van der Waals surface area contributed by atoms with Gasteiger partial charge in [0.15, 0.2) is 0 Å². The van der Waals surface area contributed by atoms with E-state index in [0.717, 1.165) is 10.6 Å². The summed E-state index contributed by atoms with van der Waals surface area (Å²) in [7, 11) is 0. The van der Waals surface area contributed by atoms with Crippen LogP contribution in [0.15, 0.2) is 17.0 Å². The monoisotopic (exact) mass is 233 g/mol. The van der Waals surface area contributed by atoms with Gasteiger partial charge in [-0.05, 0) is 12.1 Å². The summed E-state index contributed by atoms with van der Waals surface area (Å²) in [6.07, 6.45) is 0. The maximum absolute atomic E-state index is 11.5. The van der Waals surface area contributed by atoms with Crippen molar-refractivity contribution < 1.29 is 4.79 Å². The molecule has 2 rings (SSSR count). The van der Waals surface area contributed by atoms with Crippen LogP contribution < -0.4 is 10.6 Å². The highest BCUT2D eigenvalue weighted by Crippen LogP contribution is 2.39. The van der Waals surface area contributed by atoms with Gasteiger partial charge in [0.2, 0.25) is 5.91 Å². The van der Waals surface area contributed by atoms with E-state index in [-0.39, 0.29) is 5.91 Å². The van der Waals surface area contributed by atoms with Crippen molar-refractivity contribution in [1.82, 2.24) is 0 Å². The maximum Gasteiger partial charge on any atom is 0.223 e. The van der Waals surface area contributed by atoms with E-state index in [9.17, 15) is 4.79 Å². The van der Waals surface area contributed by atoms with Crippen molar-refractivity contribution in [2.75, 3.05) is 22.9 Å². The van der Waals surface area contributed by atoms with Gasteiger partial charge in [0, 0.05) is 24.1 Å². The lowest BCUT2D eigenvalue weighted by Crippen LogP contribution is -2.34. The lowest BCUT2D eigenvalue weighted by atomic mass is 10.1. The van der Waals surface area contributed by atoms with Crippen LogP contribution in [-0.4, -0.2) is 18.2 Å². The summed E-state index contributed by atoms with van der Waals surface area (Å²) >= 11 is 1.65. The molecule has 1 aliphatic heterocycles. The van der Waals surface area contributed by atoms with Crippen molar-refractivity contribution in [1.29, 1.82) is 5.26 Å². The lowest BCUT2D eigenvalue weighted by Gasteiger charge is -2.29. The molecule has 0 fully saturated rings. The van der Waals surface area contributed by atoms with Crippen LogP contribution in [0.25, 0.3) is 0 Å². The first-order valence-electron chi connectivity index (χ1n) is 4.88. The first-order chi connectivity index (χ1) is 7.65. The second kappa shape index (κ2) is 4.06. The first-order valence-corrected chi connectivity index (χ1v) is 5.87. The van der Waals surface area contributed by atoms with Crippen LogP contribution in [0.5, 0.6) is 0 Å². The Kier molecular flexibility index (Phi) is 2.75. The number of rotatable bonds is 0. The zero-order valence-corrected chi connectivity index (χ0v) is 9.67. The number of carbonyl (C=O) groups excluding carboxylic acids is 1. The summed E-state index contributed by atoms with van der Waals surface area (Å²) in [6.45, 7) is 2.13. The van der Waals surface area contributed by atoms with E-state index in [2.05, 4.69) is 6.07 Å². The zero-order valence-electron chi connectivity index (χ0n) is 8.86. The number of benzene rings is 1. The molecule has 2 N–H and O–H groups in total. The van der Waals surface area contributed by atoms with E-state index in [1.807, 2.05) is 6.07 Å². The molecule has 1 aromatic carbocycles. The molecule has 16 heavy (non-hydrogen) atoms. The minimum Gasteiger partial charge on any atom is -0.398 e. The van der Waals surface area contributed by atoms with Crippen molar-refractivity contribution in [3.63, 3.8) is 0 Å². The van der Waals surface area contributed by atoms with Crippen molar-refractivity contribution in [2.45, 2.75) is 11.8 Å². The largest absolute Gasteiger partial charge is 0.398 e. The summed E-state index contributed by atoms with van der Waals surface area (Å²) < 4.78 is 0. The number of nitriles is 1. The van der Waals surface area contributed by atoms with Gasteiger partial charge < -0.3 is 10.6 Å². The van der Waals surface area contributed by atoms with Crippen LogP contribution in [0.3, 0.4) is 0 Å². The highest BCUT2D eigenvalue weighted by molar-refractivity contribution is 7.99. The van der Waals surface area contributed by atoms with Gasteiger partial charge in [0.05, 0.1) is 16.9 Å². The van der Waals surface area contributed by atoms with Gasteiger partial charge in [-0.1, -0.05) is 0 Å². The molecule has 0 atom stereocenters. The quantitative estimate of drug-likeness (QED) is 0.691. The molecular weight excluding hydrogens is 222 g/mol. The fourth-order valence-electron chi connectivity index (χ4n) is 1.76. The number of hydrogen-bond acceptors (Lipinski definition) is 4. The Morgan fingerprint density at radius 3 is 3.00 bits per heavy atom. The number of hydrogen-bond donors (Lipinski definition) is 1. The van der Waals surface area contributed by atoms with E-state index in [0.29, 0.717) is 23.5 Å². The fourth-order valence-corrected chi connectivity index (χ4v) is 2.77. The average Bonchev–Trinajstić information content (AvgIpc) is 2.28. The van der Waals surface area contributed by atoms with E-state index >= 15 is 0 Å². The van der Waals surface area contributed by atoms with Gasteiger partial charge in [-0.15, -0.1) is 11.8 Å². The number of nitrogens with zero attached hydrogens (tertiary/aromatic N) is 2. The Labute approximate surface area is 98.0 Å². The lowest BCUT2D eigenvalue weighted by molar-refractivity contribution is -0.116. The summed E-state index contributed by atoms with van der Waals surface area (Å²) in [5, 5.41) is 9.10. The third kappa shape index (κ3) is 1.61. The van der Waals surface area contributed by atoms with Crippen LogP contribution in [0.2, 0.25) is 0 Å². The van der Waals surface area contributed by atoms with Crippen LogP contribution >= 0.6 is 11.8 Å². The van der Waals surface area contributed by atoms with Gasteiger partial charge in [0.25, 0.3) is 0 Å². The standard InChI is InChI=1S/C11H11N3OS/c1-7(15)14-4-5-16-10-3-2-9(13)8(6-12)11(10)14/h2-3H,4-5,13H2,1H3. The van der Waals surface area contributed by atoms with Gasteiger partial charge in [0.1, 0.15) is 6.07 Å². The summed E-state index contributed by atoms with van der Waals surface area (Å²) in [5.41, 5.74) is 7.25. The Bertz CT molecular complexity index is 493. The number of amides is 1. The molecule has 0 bridgehead atoms. The van der Waals surface area contributed by atoms with Gasteiger partial charge in [-0.25, -0.2) is 0 Å². The maximum atomic E-state index is 11.5. The number of nitrogen functional groups attached to an aromatic ring is 1. The highest BCUT2D eigenvalue weighted by atomic mass is 32.2. The number of fused-ring (bicyclic) bond motifs is 1. The molecule has 0 unspecified atom stereocenters. The molecule has 5 heteroatoms.